The zero-order valence-electron chi connectivity index (χ0n) is 21.6. The Morgan fingerprint density at radius 3 is 2.67 bits per heavy atom. The molecule has 6 aromatic heterocycles. The number of ketones is 1. The van der Waals surface area contributed by atoms with Crippen LogP contribution in [0.1, 0.15) is 41.4 Å². The fraction of sp³-hybridized carbons (Fsp3) is 0.233. The van der Waals surface area contributed by atoms with E-state index in [-0.39, 0.29) is 5.78 Å². The summed E-state index contributed by atoms with van der Waals surface area (Å²) in [5, 5.41) is 9.62. The summed E-state index contributed by atoms with van der Waals surface area (Å²) in [6, 6.07) is 12.2. The number of piperidine rings is 1. The number of rotatable bonds is 6. The molecule has 1 saturated heterocycles. The molecule has 0 amide bonds. The Hall–Kier alpha value is -4.21. The van der Waals surface area contributed by atoms with Crippen LogP contribution in [0, 0.1) is 0 Å². The third-order valence-electron chi connectivity index (χ3n) is 7.39. The maximum atomic E-state index is 11.8. The SMILES string of the molecule is CC(=O)c1ccc(-c2nccc3[nH]c(-c4n[nH]c5ncc(-c6cncc(CN7CCCCC7)c6)cc45)cc23)s1. The van der Waals surface area contributed by atoms with Crippen molar-refractivity contribution in [3.05, 3.63) is 71.6 Å². The topological polar surface area (TPSA) is 103 Å². The summed E-state index contributed by atoms with van der Waals surface area (Å²) in [5.41, 5.74) is 7.50. The number of H-pyrrole nitrogens is 2. The molecule has 1 aliphatic rings. The van der Waals surface area contributed by atoms with Gasteiger partial charge in [-0.1, -0.05) is 6.42 Å². The smallest absolute Gasteiger partial charge is 0.169 e. The van der Waals surface area contributed by atoms with Crippen LogP contribution >= 0.6 is 11.3 Å². The van der Waals surface area contributed by atoms with Gasteiger partial charge in [-0.2, -0.15) is 5.10 Å². The third kappa shape index (κ3) is 4.53. The highest BCUT2D eigenvalue weighted by molar-refractivity contribution is 7.17. The van der Waals surface area contributed by atoms with Crippen LogP contribution in [0.25, 0.3) is 55.0 Å². The van der Waals surface area contributed by atoms with E-state index in [1.165, 1.54) is 36.2 Å². The van der Waals surface area contributed by atoms with Gasteiger partial charge in [-0.3, -0.25) is 24.8 Å². The van der Waals surface area contributed by atoms with Gasteiger partial charge in [0.2, 0.25) is 0 Å². The van der Waals surface area contributed by atoms with E-state index >= 15 is 0 Å². The van der Waals surface area contributed by atoms with Gasteiger partial charge in [0.1, 0.15) is 5.69 Å². The molecular weight excluding hydrogens is 506 g/mol. The minimum Gasteiger partial charge on any atom is -0.353 e. The van der Waals surface area contributed by atoms with Gasteiger partial charge in [-0.15, -0.1) is 11.3 Å². The number of pyridine rings is 3. The van der Waals surface area contributed by atoms with Crippen LogP contribution in [0.2, 0.25) is 0 Å². The van der Waals surface area contributed by atoms with Gasteiger partial charge in [0.25, 0.3) is 0 Å². The van der Waals surface area contributed by atoms with Crippen LogP contribution in [-0.4, -0.2) is 53.9 Å². The van der Waals surface area contributed by atoms with Crippen molar-refractivity contribution in [2.24, 2.45) is 0 Å². The number of fused-ring (bicyclic) bond motifs is 2. The number of nitrogens with one attached hydrogen (secondary N) is 2. The average molecular weight is 534 g/mol. The zero-order chi connectivity index (χ0) is 26.3. The molecule has 0 bridgehead atoms. The Kier molecular flexibility index (Phi) is 6.02. The lowest BCUT2D eigenvalue weighted by Crippen LogP contribution is -2.29. The summed E-state index contributed by atoms with van der Waals surface area (Å²) < 4.78 is 0. The normalized spacial score (nSPS) is 14.4. The van der Waals surface area contributed by atoms with Crippen molar-refractivity contribution in [1.29, 1.82) is 0 Å². The molecule has 0 saturated carbocycles. The summed E-state index contributed by atoms with van der Waals surface area (Å²) in [6.07, 6.45) is 11.4. The molecule has 194 valence electrons. The highest BCUT2D eigenvalue weighted by Gasteiger charge is 2.17. The monoisotopic (exact) mass is 533 g/mol. The van der Waals surface area contributed by atoms with E-state index in [0.717, 1.165) is 79.5 Å². The minimum atomic E-state index is 0.0618. The van der Waals surface area contributed by atoms with Crippen LogP contribution < -0.4 is 0 Å². The van der Waals surface area contributed by atoms with E-state index < -0.39 is 0 Å². The van der Waals surface area contributed by atoms with Crippen LogP contribution in [0.4, 0.5) is 0 Å². The minimum absolute atomic E-state index is 0.0618. The maximum Gasteiger partial charge on any atom is 0.169 e. The molecule has 0 aliphatic carbocycles. The van der Waals surface area contributed by atoms with Crippen molar-refractivity contribution in [2.75, 3.05) is 13.1 Å². The van der Waals surface area contributed by atoms with E-state index in [1.54, 1.807) is 13.1 Å². The number of aromatic amines is 2. The summed E-state index contributed by atoms with van der Waals surface area (Å²) >= 11 is 1.46. The van der Waals surface area contributed by atoms with Crippen LogP contribution in [0.5, 0.6) is 0 Å². The zero-order valence-corrected chi connectivity index (χ0v) is 22.4. The summed E-state index contributed by atoms with van der Waals surface area (Å²) in [6.45, 7) is 4.82. The van der Waals surface area contributed by atoms with Crippen molar-refractivity contribution in [2.45, 2.75) is 32.7 Å². The molecule has 9 heteroatoms. The van der Waals surface area contributed by atoms with Gasteiger partial charge >= 0.3 is 0 Å². The van der Waals surface area contributed by atoms with Crippen molar-refractivity contribution in [1.82, 2.24) is 35.0 Å². The van der Waals surface area contributed by atoms with Gasteiger partial charge in [0, 0.05) is 58.7 Å². The molecule has 39 heavy (non-hydrogen) atoms. The summed E-state index contributed by atoms with van der Waals surface area (Å²) in [7, 11) is 0. The number of nitrogens with zero attached hydrogens (tertiary/aromatic N) is 5. The predicted molar refractivity (Wildman–Crippen MR) is 155 cm³/mol. The molecule has 2 N–H and O–H groups in total. The molecule has 7 rings (SSSR count). The highest BCUT2D eigenvalue weighted by atomic mass is 32.1. The molecule has 0 radical (unpaired) electrons. The van der Waals surface area contributed by atoms with Crippen LogP contribution in [0.3, 0.4) is 0 Å². The van der Waals surface area contributed by atoms with Crippen LogP contribution in [-0.2, 0) is 6.54 Å². The van der Waals surface area contributed by atoms with Crippen molar-refractivity contribution < 1.29 is 4.79 Å². The molecular formula is C30H27N7OS. The highest BCUT2D eigenvalue weighted by Crippen LogP contribution is 2.36. The average Bonchev–Trinajstić information content (AvgIpc) is 3.71. The van der Waals surface area contributed by atoms with Crippen molar-refractivity contribution in [3.63, 3.8) is 0 Å². The lowest BCUT2D eigenvalue weighted by Gasteiger charge is -2.26. The maximum absolute atomic E-state index is 11.8. The van der Waals surface area contributed by atoms with Gasteiger partial charge < -0.3 is 4.98 Å². The molecule has 0 atom stereocenters. The van der Waals surface area contributed by atoms with E-state index in [9.17, 15) is 4.79 Å². The molecule has 1 fully saturated rings. The first-order valence-electron chi connectivity index (χ1n) is 13.2. The molecule has 0 aromatic carbocycles. The van der Waals surface area contributed by atoms with Gasteiger partial charge in [-0.05, 0) is 74.8 Å². The number of thiophene rings is 1. The number of hydrogen-bond donors (Lipinski definition) is 2. The number of carbonyl (C=O) groups excluding carboxylic acids is 1. The fourth-order valence-electron chi connectivity index (χ4n) is 5.41. The van der Waals surface area contributed by atoms with Crippen LogP contribution in [0.15, 0.2) is 61.2 Å². The molecule has 1 aliphatic heterocycles. The fourth-order valence-corrected chi connectivity index (χ4v) is 6.32. The Morgan fingerprint density at radius 1 is 0.949 bits per heavy atom. The third-order valence-corrected chi connectivity index (χ3v) is 8.58. The second-order valence-electron chi connectivity index (χ2n) is 10.1. The predicted octanol–water partition coefficient (Wildman–Crippen LogP) is 6.48. The number of likely N-dealkylation sites (tertiary alicyclic amines) is 1. The Balaban J connectivity index is 1.25. The van der Waals surface area contributed by atoms with E-state index in [1.807, 2.05) is 36.8 Å². The molecule has 7 heterocycles. The van der Waals surface area contributed by atoms with E-state index in [2.05, 4.69) is 53.2 Å². The van der Waals surface area contributed by atoms with Gasteiger partial charge in [0.05, 0.1) is 21.1 Å². The molecule has 0 unspecified atom stereocenters. The molecule has 0 spiro atoms. The first-order valence-corrected chi connectivity index (χ1v) is 14.0. The number of carbonyl (C=O) groups is 1. The lowest BCUT2D eigenvalue weighted by molar-refractivity contribution is 0.102. The first kappa shape index (κ1) is 23.9. The van der Waals surface area contributed by atoms with Crippen molar-refractivity contribution in [3.8, 4) is 33.1 Å². The lowest BCUT2D eigenvalue weighted by atomic mass is 10.0. The molecule has 6 aromatic rings. The second-order valence-corrected chi connectivity index (χ2v) is 11.2. The van der Waals surface area contributed by atoms with E-state index in [4.69, 9.17) is 0 Å². The number of hydrogen-bond acceptors (Lipinski definition) is 7. The molecule has 8 nitrogen and oxygen atoms in total. The summed E-state index contributed by atoms with van der Waals surface area (Å²) in [5.74, 6) is 0.0618. The Morgan fingerprint density at radius 2 is 1.82 bits per heavy atom. The van der Waals surface area contributed by atoms with Crippen molar-refractivity contribution >= 4 is 39.1 Å². The number of aromatic nitrogens is 6. The van der Waals surface area contributed by atoms with E-state index in [0.29, 0.717) is 0 Å². The second kappa shape index (κ2) is 9.83. The standard InChI is InChI=1S/C30H27N7OS/c1-18(38)26-5-6-27(39-26)29-22-13-25(34-24(22)7-8-32-29)28-23-12-21(16-33-30(23)36-35-28)20-11-19(14-31-15-20)17-37-9-3-2-4-10-37/h5-8,11-16,34H,2-4,9-10,17H2,1H3,(H,33,35,36). The largest absolute Gasteiger partial charge is 0.353 e. The Labute approximate surface area is 229 Å². The summed E-state index contributed by atoms with van der Waals surface area (Å²) in [4.78, 5) is 33.4. The quantitative estimate of drug-likeness (QED) is 0.238. The van der Waals surface area contributed by atoms with Gasteiger partial charge in [-0.25, -0.2) is 4.98 Å². The number of Topliss-reactive ketones (excluding diaryl/α,β-unsaturated/α-hetero) is 1. The Bertz CT molecular complexity index is 1830. The first-order chi connectivity index (χ1) is 19.1. The van der Waals surface area contributed by atoms with Gasteiger partial charge in [0.15, 0.2) is 11.4 Å².